The number of thiocarbonyl (C=S) groups is 1. The van der Waals surface area contributed by atoms with E-state index in [1.807, 2.05) is 0 Å². The van der Waals surface area contributed by atoms with Gasteiger partial charge in [0, 0.05) is 25.9 Å². The highest BCUT2D eigenvalue weighted by atomic mass is 79.9. The van der Waals surface area contributed by atoms with Crippen molar-refractivity contribution in [2.45, 2.75) is 13.5 Å². The summed E-state index contributed by atoms with van der Waals surface area (Å²) >= 11 is 9.92. The molecule has 2 N–H and O–H groups in total. The number of hydrogen-bond donors (Lipinski definition) is 2. The number of hydrogen-bond acceptors (Lipinski definition) is 6. The highest BCUT2D eigenvalue weighted by molar-refractivity contribution is 9.10. The number of esters is 1. The van der Waals surface area contributed by atoms with E-state index in [2.05, 4.69) is 31.7 Å². The predicted octanol–water partition coefficient (Wildman–Crippen LogP) is 4.50. The maximum atomic E-state index is 13.9. The van der Waals surface area contributed by atoms with Gasteiger partial charge in [-0.2, -0.15) is 5.10 Å². The maximum absolute atomic E-state index is 13.9. The molecule has 0 aliphatic rings. The molecule has 0 spiro atoms. The third-order valence-corrected chi connectivity index (χ3v) is 6.58. The number of nitrogens with zero attached hydrogens (tertiary/aromatic N) is 3. The second-order valence-electron chi connectivity index (χ2n) is 7.15. The lowest BCUT2D eigenvalue weighted by atomic mass is 10.1. The van der Waals surface area contributed by atoms with E-state index < -0.39 is 5.97 Å². The zero-order valence-corrected chi connectivity index (χ0v) is 21.5. The Morgan fingerprint density at radius 3 is 2.64 bits per heavy atom. The average molecular weight is 554 g/mol. The molecule has 0 aliphatic carbocycles. The Hall–Kier alpha value is -2.83. The molecule has 0 unspecified atom stereocenters. The quantitative estimate of drug-likeness (QED) is 0.343. The van der Waals surface area contributed by atoms with E-state index in [0.29, 0.717) is 31.3 Å². The van der Waals surface area contributed by atoms with Crippen molar-refractivity contribution in [3.8, 4) is 0 Å². The fourth-order valence-corrected chi connectivity index (χ4v) is 4.86. The molecule has 2 aromatic heterocycles. The van der Waals surface area contributed by atoms with Crippen LogP contribution in [-0.4, -0.2) is 52.9 Å². The number of carbonyl (C=O) groups excluding carboxylic acids is 2. The molecule has 3 rings (SSSR count). The van der Waals surface area contributed by atoms with Gasteiger partial charge < -0.3 is 20.3 Å². The van der Waals surface area contributed by atoms with Crippen LogP contribution in [0, 0.1) is 12.7 Å². The van der Waals surface area contributed by atoms with Crippen molar-refractivity contribution >= 4 is 67.3 Å². The summed E-state index contributed by atoms with van der Waals surface area (Å²) in [6, 6.07) is 6.46. The van der Waals surface area contributed by atoms with Crippen LogP contribution in [0.5, 0.6) is 0 Å². The van der Waals surface area contributed by atoms with E-state index >= 15 is 0 Å². The number of nitrogens with one attached hydrogen (secondary N) is 2. The van der Waals surface area contributed by atoms with Crippen molar-refractivity contribution in [2.24, 2.45) is 0 Å². The van der Waals surface area contributed by atoms with Crippen LogP contribution >= 0.6 is 39.5 Å². The largest absolute Gasteiger partial charge is 0.465 e. The number of ether oxygens (including phenoxy) is 1. The van der Waals surface area contributed by atoms with Crippen LogP contribution in [-0.2, 0) is 11.3 Å². The van der Waals surface area contributed by atoms with E-state index in [-0.39, 0.29) is 28.9 Å². The Bertz CT molecular complexity index is 1220. The molecule has 33 heavy (non-hydrogen) atoms. The van der Waals surface area contributed by atoms with Gasteiger partial charge in [-0.15, -0.1) is 11.3 Å². The van der Waals surface area contributed by atoms with E-state index in [4.69, 9.17) is 17.0 Å². The van der Waals surface area contributed by atoms with Gasteiger partial charge in [0.1, 0.15) is 10.8 Å². The van der Waals surface area contributed by atoms with Gasteiger partial charge in [0.25, 0.3) is 5.91 Å². The standard InChI is InChI=1S/C21H21BrFN5O3S2/c1-11-15(20(30)31-4)18(33-16(11)19(29)27(2)3)25-21(32)24-17-13(22)10-28(26-17)9-12-7-5-6-8-14(12)23/h5-8,10H,9H2,1-4H3,(H2,24,25,26,32). The second kappa shape index (κ2) is 10.4. The number of aromatic nitrogens is 2. The monoisotopic (exact) mass is 553 g/mol. The van der Waals surface area contributed by atoms with Crippen molar-refractivity contribution in [2.75, 3.05) is 31.8 Å². The minimum atomic E-state index is -0.581. The van der Waals surface area contributed by atoms with Gasteiger partial charge in [0.15, 0.2) is 10.9 Å². The lowest BCUT2D eigenvalue weighted by Crippen LogP contribution is -2.21. The molecule has 0 radical (unpaired) electrons. The van der Waals surface area contributed by atoms with E-state index in [0.717, 1.165) is 11.3 Å². The van der Waals surface area contributed by atoms with Gasteiger partial charge >= 0.3 is 5.97 Å². The molecule has 174 valence electrons. The summed E-state index contributed by atoms with van der Waals surface area (Å²) in [4.78, 5) is 26.7. The van der Waals surface area contributed by atoms with Crippen LogP contribution in [0.2, 0.25) is 0 Å². The average Bonchev–Trinajstić information content (AvgIpc) is 3.27. The predicted molar refractivity (Wildman–Crippen MR) is 134 cm³/mol. The summed E-state index contributed by atoms with van der Waals surface area (Å²) in [6.07, 6.45) is 1.69. The number of anilines is 2. The lowest BCUT2D eigenvalue weighted by molar-refractivity contribution is 0.0601. The van der Waals surface area contributed by atoms with Gasteiger partial charge in [-0.1, -0.05) is 18.2 Å². The molecule has 8 nitrogen and oxygen atoms in total. The molecule has 3 aromatic rings. The molecule has 0 saturated heterocycles. The van der Waals surface area contributed by atoms with Crippen molar-refractivity contribution in [3.05, 3.63) is 62.3 Å². The van der Waals surface area contributed by atoms with E-state index in [1.54, 1.807) is 50.1 Å². The smallest absolute Gasteiger partial charge is 0.341 e. The van der Waals surface area contributed by atoms with Crippen molar-refractivity contribution in [3.63, 3.8) is 0 Å². The van der Waals surface area contributed by atoms with Gasteiger partial charge in [-0.05, 0) is 46.7 Å². The maximum Gasteiger partial charge on any atom is 0.341 e. The van der Waals surface area contributed by atoms with Crippen molar-refractivity contribution in [1.29, 1.82) is 0 Å². The molecule has 0 aliphatic heterocycles. The molecule has 2 heterocycles. The number of halogens is 2. The molecule has 0 bridgehead atoms. The normalized spacial score (nSPS) is 10.6. The minimum absolute atomic E-state index is 0.155. The Morgan fingerprint density at radius 2 is 2.00 bits per heavy atom. The van der Waals surface area contributed by atoms with Gasteiger partial charge in [-0.3, -0.25) is 9.48 Å². The number of amides is 1. The van der Waals surface area contributed by atoms with Crippen molar-refractivity contribution in [1.82, 2.24) is 14.7 Å². The van der Waals surface area contributed by atoms with Crippen LogP contribution in [0.25, 0.3) is 0 Å². The fraction of sp³-hybridized carbons (Fsp3) is 0.238. The first-order valence-electron chi connectivity index (χ1n) is 9.60. The molecule has 1 amide bonds. The SMILES string of the molecule is COC(=O)c1c(NC(=S)Nc2nn(Cc3ccccc3F)cc2Br)sc(C(=O)N(C)C)c1C. The summed E-state index contributed by atoms with van der Waals surface area (Å²) in [5.74, 6) is -0.727. The molecular formula is C21H21BrFN5O3S2. The van der Waals surface area contributed by atoms with Crippen LogP contribution in [0.15, 0.2) is 34.9 Å². The number of carbonyl (C=O) groups is 2. The Morgan fingerprint density at radius 1 is 1.30 bits per heavy atom. The Balaban J connectivity index is 1.80. The van der Waals surface area contributed by atoms with E-state index in [9.17, 15) is 14.0 Å². The highest BCUT2D eigenvalue weighted by Gasteiger charge is 2.26. The third-order valence-electron chi connectivity index (χ3n) is 4.60. The molecule has 0 atom stereocenters. The Labute approximate surface area is 207 Å². The van der Waals surface area contributed by atoms with Gasteiger partial charge in [0.05, 0.1) is 28.6 Å². The fourth-order valence-electron chi connectivity index (χ4n) is 2.96. The van der Waals surface area contributed by atoms with Crippen LogP contribution in [0.1, 0.15) is 31.2 Å². The first kappa shape index (κ1) is 24.8. The van der Waals surface area contributed by atoms with Gasteiger partial charge in [0.2, 0.25) is 0 Å². The van der Waals surface area contributed by atoms with Crippen molar-refractivity contribution < 1.29 is 18.7 Å². The molecule has 0 fully saturated rings. The zero-order valence-electron chi connectivity index (χ0n) is 18.2. The van der Waals surface area contributed by atoms with Crippen LogP contribution in [0.3, 0.4) is 0 Å². The number of methoxy groups -OCH3 is 1. The van der Waals surface area contributed by atoms with E-state index in [1.165, 1.54) is 18.1 Å². The molecule has 0 saturated carbocycles. The third kappa shape index (κ3) is 5.57. The summed E-state index contributed by atoms with van der Waals surface area (Å²) in [7, 11) is 4.54. The summed E-state index contributed by atoms with van der Waals surface area (Å²) < 4.78 is 21.0. The molecule has 12 heteroatoms. The van der Waals surface area contributed by atoms with Crippen LogP contribution in [0.4, 0.5) is 15.2 Å². The zero-order chi connectivity index (χ0) is 24.3. The topological polar surface area (TPSA) is 88.5 Å². The summed E-state index contributed by atoms with van der Waals surface area (Å²) in [5.41, 5.74) is 1.24. The number of thiophene rings is 1. The summed E-state index contributed by atoms with van der Waals surface area (Å²) in [6.45, 7) is 1.92. The molecule has 1 aromatic carbocycles. The highest BCUT2D eigenvalue weighted by Crippen LogP contribution is 2.34. The number of benzene rings is 1. The Kier molecular flexibility index (Phi) is 7.82. The second-order valence-corrected chi connectivity index (χ2v) is 9.43. The first-order chi connectivity index (χ1) is 15.6. The minimum Gasteiger partial charge on any atom is -0.465 e. The van der Waals surface area contributed by atoms with Gasteiger partial charge in [-0.25, -0.2) is 9.18 Å². The molecular weight excluding hydrogens is 533 g/mol. The van der Waals surface area contributed by atoms with Crippen LogP contribution < -0.4 is 10.6 Å². The lowest BCUT2D eigenvalue weighted by Gasteiger charge is -2.09. The first-order valence-corrected chi connectivity index (χ1v) is 11.6. The summed E-state index contributed by atoms with van der Waals surface area (Å²) in [5, 5.41) is 10.8. The number of rotatable bonds is 6.